The van der Waals surface area contributed by atoms with Gasteiger partial charge in [-0.3, -0.25) is 9.59 Å². The Bertz CT molecular complexity index is 1610. The topological polar surface area (TPSA) is 104 Å². The summed E-state index contributed by atoms with van der Waals surface area (Å²) in [5.74, 6) is 0.745. The third kappa shape index (κ3) is 4.38. The largest absolute Gasteiger partial charge is 0.486 e. The second kappa shape index (κ2) is 8.92. The summed E-state index contributed by atoms with van der Waals surface area (Å²) in [6, 6.07) is 18.0. The summed E-state index contributed by atoms with van der Waals surface area (Å²) in [5, 5.41) is 3.01. The minimum atomic E-state index is -4.10. The molecular weight excluding hydrogens is 468 g/mol. The van der Waals surface area contributed by atoms with Crippen LogP contribution < -0.4 is 20.2 Å². The zero-order valence-corrected chi connectivity index (χ0v) is 19.7. The Kier molecular flexibility index (Phi) is 5.78. The van der Waals surface area contributed by atoms with Gasteiger partial charge >= 0.3 is 0 Å². The van der Waals surface area contributed by atoms with Crippen LogP contribution in [0.2, 0.25) is 0 Å². The van der Waals surface area contributed by atoms with Gasteiger partial charge in [-0.2, -0.15) is 0 Å². The molecule has 0 fully saturated rings. The number of sulfone groups is 1. The van der Waals surface area contributed by atoms with Crippen molar-refractivity contribution >= 4 is 32.3 Å². The van der Waals surface area contributed by atoms with Gasteiger partial charge in [0, 0.05) is 23.3 Å². The fourth-order valence-electron chi connectivity index (χ4n) is 3.96. The molecule has 0 saturated heterocycles. The smallest absolute Gasteiger partial charge is 0.244 e. The molecule has 0 bridgehead atoms. The highest BCUT2D eigenvalue weighted by molar-refractivity contribution is 7.91. The van der Waals surface area contributed by atoms with Crippen LogP contribution in [0.4, 0.5) is 5.69 Å². The molecule has 1 amide bonds. The highest BCUT2D eigenvalue weighted by Gasteiger charge is 2.24. The molecule has 1 aromatic heterocycles. The Morgan fingerprint density at radius 2 is 1.69 bits per heavy atom. The maximum absolute atomic E-state index is 13.3. The van der Waals surface area contributed by atoms with Crippen LogP contribution in [0.3, 0.4) is 0 Å². The van der Waals surface area contributed by atoms with Crippen molar-refractivity contribution in [1.82, 2.24) is 4.57 Å². The third-order valence-corrected chi connectivity index (χ3v) is 7.48. The molecule has 1 aliphatic heterocycles. The lowest BCUT2D eigenvalue weighted by atomic mass is 10.2. The van der Waals surface area contributed by atoms with Gasteiger partial charge in [0.1, 0.15) is 24.7 Å². The summed E-state index contributed by atoms with van der Waals surface area (Å²) >= 11 is 0. The number of fused-ring (bicyclic) bond motifs is 2. The second-order valence-corrected chi connectivity index (χ2v) is 10.1. The van der Waals surface area contributed by atoms with E-state index < -0.39 is 21.2 Å². The lowest BCUT2D eigenvalue weighted by Gasteiger charge is -2.19. The first-order chi connectivity index (χ1) is 16.8. The lowest BCUT2D eigenvalue weighted by Crippen LogP contribution is -2.24. The van der Waals surface area contributed by atoms with Crippen LogP contribution in [-0.2, 0) is 21.2 Å². The number of carbonyl (C=O) groups is 1. The zero-order chi connectivity index (χ0) is 24.6. The van der Waals surface area contributed by atoms with Crippen LogP contribution in [0, 0.1) is 6.92 Å². The Labute approximate surface area is 201 Å². The first-order valence-corrected chi connectivity index (χ1v) is 12.4. The number of para-hydroxylation sites is 1. The molecule has 35 heavy (non-hydrogen) atoms. The summed E-state index contributed by atoms with van der Waals surface area (Å²) in [7, 11) is -4.10. The number of nitrogens with one attached hydrogen (secondary N) is 1. The number of ether oxygens (including phenoxy) is 2. The van der Waals surface area contributed by atoms with Crippen molar-refractivity contribution in [3.05, 3.63) is 88.7 Å². The van der Waals surface area contributed by atoms with Crippen LogP contribution in [-0.4, -0.2) is 32.1 Å². The molecule has 4 aromatic rings. The summed E-state index contributed by atoms with van der Waals surface area (Å²) in [6.07, 6.45) is 1.24. The van der Waals surface area contributed by atoms with Gasteiger partial charge in [0.25, 0.3) is 0 Å². The second-order valence-electron chi connectivity index (χ2n) is 8.19. The molecule has 1 N–H and O–H groups in total. The van der Waals surface area contributed by atoms with Gasteiger partial charge in [-0.05, 0) is 43.3 Å². The van der Waals surface area contributed by atoms with Crippen molar-refractivity contribution in [1.29, 1.82) is 0 Å². The lowest BCUT2D eigenvalue weighted by molar-refractivity contribution is -0.116. The standard InChI is InChI=1S/C26H22N2O6S/c1-17-6-9-19(10-7-17)35(31,32)24-15-28(21-5-3-2-4-20(21)26(24)30)16-25(29)27-18-8-11-22-23(14-18)34-13-12-33-22/h2-11,14-15H,12-13,16H2,1H3,(H,27,29). The van der Waals surface area contributed by atoms with E-state index in [1.165, 1.54) is 22.9 Å². The quantitative estimate of drug-likeness (QED) is 0.459. The highest BCUT2D eigenvalue weighted by atomic mass is 32.2. The Balaban J connectivity index is 1.51. The molecule has 2 heterocycles. The first kappa shape index (κ1) is 22.7. The van der Waals surface area contributed by atoms with Gasteiger partial charge in [-0.15, -0.1) is 0 Å². The van der Waals surface area contributed by atoms with Crippen molar-refractivity contribution in [2.75, 3.05) is 18.5 Å². The molecule has 0 spiro atoms. The Hall–Kier alpha value is -4.11. The van der Waals surface area contributed by atoms with E-state index in [-0.39, 0.29) is 21.7 Å². The summed E-state index contributed by atoms with van der Waals surface area (Å²) in [4.78, 5) is 25.7. The predicted octanol–water partition coefficient (Wildman–Crippen LogP) is 3.55. The zero-order valence-electron chi connectivity index (χ0n) is 18.9. The van der Waals surface area contributed by atoms with E-state index >= 15 is 0 Å². The summed E-state index contributed by atoms with van der Waals surface area (Å²) < 4.78 is 39.2. The van der Waals surface area contributed by atoms with Crippen molar-refractivity contribution in [3.8, 4) is 11.5 Å². The average molecular weight is 491 g/mol. The summed E-state index contributed by atoms with van der Waals surface area (Å²) in [5.41, 5.74) is 1.26. The third-order valence-electron chi connectivity index (χ3n) is 5.72. The molecule has 0 aliphatic carbocycles. The van der Waals surface area contributed by atoms with E-state index in [9.17, 15) is 18.0 Å². The normalized spacial score (nSPS) is 12.9. The van der Waals surface area contributed by atoms with Crippen molar-refractivity contribution in [2.45, 2.75) is 23.3 Å². The molecule has 0 unspecified atom stereocenters. The van der Waals surface area contributed by atoms with Crippen LogP contribution in [0.1, 0.15) is 5.56 Å². The molecule has 0 radical (unpaired) electrons. The number of hydrogen-bond acceptors (Lipinski definition) is 6. The average Bonchev–Trinajstić information content (AvgIpc) is 2.86. The van der Waals surface area contributed by atoms with Gasteiger partial charge in [0.05, 0.1) is 10.4 Å². The fourth-order valence-corrected chi connectivity index (χ4v) is 5.33. The molecule has 0 atom stereocenters. The number of aryl methyl sites for hydroxylation is 1. The van der Waals surface area contributed by atoms with Crippen LogP contribution in [0.5, 0.6) is 11.5 Å². The van der Waals surface area contributed by atoms with E-state index in [0.29, 0.717) is 35.9 Å². The molecule has 9 heteroatoms. The monoisotopic (exact) mass is 490 g/mol. The highest BCUT2D eigenvalue weighted by Crippen LogP contribution is 2.32. The van der Waals surface area contributed by atoms with Gasteiger partial charge < -0.3 is 19.4 Å². The van der Waals surface area contributed by atoms with Gasteiger partial charge in [0.2, 0.25) is 21.2 Å². The summed E-state index contributed by atoms with van der Waals surface area (Å²) in [6.45, 7) is 2.53. The van der Waals surface area contributed by atoms with Gasteiger partial charge in [-0.25, -0.2) is 8.42 Å². The van der Waals surface area contributed by atoms with Crippen LogP contribution in [0.25, 0.3) is 10.9 Å². The number of anilines is 1. The van der Waals surface area contributed by atoms with E-state index in [0.717, 1.165) is 5.56 Å². The molecule has 5 rings (SSSR count). The molecule has 8 nitrogen and oxygen atoms in total. The fraction of sp³-hybridized carbons (Fsp3) is 0.154. The predicted molar refractivity (Wildman–Crippen MR) is 131 cm³/mol. The number of rotatable bonds is 5. The van der Waals surface area contributed by atoms with Gasteiger partial charge in [-0.1, -0.05) is 29.8 Å². The molecule has 178 valence electrons. The van der Waals surface area contributed by atoms with Gasteiger partial charge in [0.15, 0.2) is 11.5 Å². The molecular formula is C26H22N2O6S. The first-order valence-electron chi connectivity index (χ1n) is 11.0. The van der Waals surface area contributed by atoms with Crippen molar-refractivity contribution in [2.24, 2.45) is 0 Å². The number of benzene rings is 3. The van der Waals surface area contributed by atoms with Crippen molar-refractivity contribution < 1.29 is 22.7 Å². The number of nitrogens with zero attached hydrogens (tertiary/aromatic N) is 1. The maximum Gasteiger partial charge on any atom is 0.244 e. The number of amides is 1. The van der Waals surface area contributed by atoms with E-state index in [2.05, 4.69) is 5.32 Å². The van der Waals surface area contributed by atoms with E-state index in [1.807, 2.05) is 6.92 Å². The Morgan fingerprint density at radius 1 is 0.971 bits per heavy atom. The SMILES string of the molecule is Cc1ccc(S(=O)(=O)c2cn(CC(=O)Nc3ccc4c(c3)OCCO4)c3ccccc3c2=O)cc1. The molecule has 0 saturated carbocycles. The number of hydrogen-bond donors (Lipinski definition) is 1. The van der Waals surface area contributed by atoms with E-state index in [1.54, 1.807) is 54.6 Å². The van der Waals surface area contributed by atoms with Crippen LogP contribution >= 0.6 is 0 Å². The minimum Gasteiger partial charge on any atom is -0.486 e. The number of pyridine rings is 1. The van der Waals surface area contributed by atoms with Crippen LogP contribution in [0.15, 0.2) is 87.5 Å². The molecule has 1 aliphatic rings. The maximum atomic E-state index is 13.3. The Morgan fingerprint density at radius 3 is 2.46 bits per heavy atom. The van der Waals surface area contributed by atoms with E-state index in [4.69, 9.17) is 9.47 Å². The number of carbonyl (C=O) groups excluding carboxylic acids is 1. The number of aromatic nitrogens is 1. The van der Waals surface area contributed by atoms with Crippen molar-refractivity contribution in [3.63, 3.8) is 0 Å². The minimum absolute atomic E-state index is 0.0164. The molecule has 3 aromatic carbocycles.